The van der Waals surface area contributed by atoms with Gasteiger partial charge in [0.15, 0.2) is 0 Å². The van der Waals surface area contributed by atoms with Crippen LogP contribution in [-0.2, 0) is 6.54 Å². The lowest BCUT2D eigenvalue weighted by Crippen LogP contribution is -2.24. The van der Waals surface area contributed by atoms with Crippen LogP contribution in [-0.4, -0.2) is 21.1 Å². The number of amides is 1. The van der Waals surface area contributed by atoms with Gasteiger partial charge in [0.1, 0.15) is 0 Å². The molecule has 23 heavy (non-hydrogen) atoms. The van der Waals surface area contributed by atoms with Gasteiger partial charge in [-0.3, -0.25) is 14.9 Å². The number of carbonyl (C=O) groups excluding carboxylic acids is 1. The topological polar surface area (TPSA) is 70.7 Å². The summed E-state index contributed by atoms with van der Waals surface area (Å²) in [5.74, 6) is -0.0916. The molecule has 2 aromatic heterocycles. The Morgan fingerprint density at radius 2 is 2.00 bits per heavy atom. The van der Waals surface area contributed by atoms with E-state index in [9.17, 15) is 4.79 Å². The van der Waals surface area contributed by atoms with Crippen LogP contribution in [0.4, 0.5) is 0 Å². The maximum absolute atomic E-state index is 12.7. The van der Waals surface area contributed by atoms with Crippen LogP contribution in [0.15, 0.2) is 24.3 Å². The van der Waals surface area contributed by atoms with Crippen LogP contribution in [0.2, 0.25) is 0 Å². The van der Waals surface area contributed by atoms with E-state index in [4.69, 9.17) is 0 Å². The Hall–Kier alpha value is -2.69. The van der Waals surface area contributed by atoms with Crippen molar-refractivity contribution in [2.45, 2.75) is 34.2 Å². The molecule has 1 aromatic carbocycles. The van der Waals surface area contributed by atoms with Gasteiger partial charge in [0, 0.05) is 28.9 Å². The summed E-state index contributed by atoms with van der Waals surface area (Å²) in [5.41, 5.74) is 6.38. The maximum atomic E-state index is 12.7. The molecule has 2 heterocycles. The van der Waals surface area contributed by atoms with Crippen molar-refractivity contribution in [2.24, 2.45) is 0 Å². The predicted octanol–water partition coefficient (Wildman–Crippen LogP) is 3.12. The molecule has 5 heteroatoms. The summed E-state index contributed by atoms with van der Waals surface area (Å²) in [4.78, 5) is 17.2. The monoisotopic (exact) mass is 308 g/mol. The number of fused-ring (bicyclic) bond motifs is 1. The fourth-order valence-corrected chi connectivity index (χ4v) is 2.81. The van der Waals surface area contributed by atoms with Gasteiger partial charge in [0.2, 0.25) is 0 Å². The number of carbonyl (C=O) groups is 1. The summed E-state index contributed by atoms with van der Waals surface area (Å²) in [6, 6.07) is 7.74. The first-order valence-electron chi connectivity index (χ1n) is 7.63. The lowest BCUT2D eigenvalue weighted by atomic mass is 10.0. The third-order valence-corrected chi connectivity index (χ3v) is 4.12. The molecule has 5 nitrogen and oxygen atoms in total. The predicted molar refractivity (Wildman–Crippen MR) is 90.4 cm³/mol. The lowest BCUT2D eigenvalue weighted by molar-refractivity contribution is 0.0952. The smallest absolute Gasteiger partial charge is 0.252 e. The Labute approximate surface area is 135 Å². The Morgan fingerprint density at radius 3 is 2.70 bits per heavy atom. The highest BCUT2D eigenvalue weighted by Crippen LogP contribution is 2.21. The van der Waals surface area contributed by atoms with Gasteiger partial charge in [-0.1, -0.05) is 18.2 Å². The number of hydrogen-bond acceptors (Lipinski definition) is 3. The molecular formula is C18H20N4O. The van der Waals surface area contributed by atoms with Crippen molar-refractivity contribution < 1.29 is 4.79 Å². The Bertz CT molecular complexity index is 876. The number of aromatic amines is 1. The van der Waals surface area contributed by atoms with Gasteiger partial charge in [0.25, 0.3) is 5.91 Å². The summed E-state index contributed by atoms with van der Waals surface area (Å²) in [5, 5.41) is 11.0. The maximum Gasteiger partial charge on any atom is 0.252 e. The van der Waals surface area contributed by atoms with Gasteiger partial charge in [0.05, 0.1) is 16.8 Å². The second-order valence-electron chi connectivity index (χ2n) is 5.88. The SMILES string of the molecule is Cc1cc(C(=O)NCc2c(C)n[nH]c2C)c2cccc(C)c2n1. The standard InChI is InChI=1S/C18H20N4O/c1-10-6-5-7-14-15(8-11(2)20-17(10)14)18(23)19-9-16-12(3)21-22-13(16)4/h5-8H,9H2,1-4H3,(H,19,23)(H,21,22). The van der Waals surface area contributed by atoms with E-state index in [1.807, 2.05) is 52.0 Å². The van der Waals surface area contributed by atoms with Crippen LogP contribution in [0.5, 0.6) is 0 Å². The highest BCUT2D eigenvalue weighted by molar-refractivity contribution is 6.06. The Morgan fingerprint density at radius 1 is 1.22 bits per heavy atom. The number of hydrogen-bond donors (Lipinski definition) is 2. The van der Waals surface area contributed by atoms with Gasteiger partial charge in [-0.05, 0) is 39.3 Å². The van der Waals surface area contributed by atoms with Crippen LogP contribution in [0, 0.1) is 27.7 Å². The Balaban J connectivity index is 1.94. The number of nitrogens with zero attached hydrogens (tertiary/aromatic N) is 2. The molecule has 2 N–H and O–H groups in total. The molecule has 0 spiro atoms. The largest absolute Gasteiger partial charge is 0.348 e. The molecular weight excluding hydrogens is 288 g/mol. The second kappa shape index (κ2) is 5.83. The normalized spacial score (nSPS) is 11.0. The highest BCUT2D eigenvalue weighted by atomic mass is 16.1. The number of nitrogens with one attached hydrogen (secondary N) is 2. The molecule has 0 bridgehead atoms. The van der Waals surface area contributed by atoms with Crippen molar-refractivity contribution in [3.8, 4) is 0 Å². The number of rotatable bonds is 3. The molecule has 0 atom stereocenters. The van der Waals surface area contributed by atoms with Gasteiger partial charge in [-0.15, -0.1) is 0 Å². The fourth-order valence-electron chi connectivity index (χ4n) is 2.81. The third kappa shape index (κ3) is 2.82. The quantitative estimate of drug-likeness (QED) is 0.781. The van der Waals surface area contributed by atoms with Crippen molar-refractivity contribution in [3.05, 3.63) is 58.0 Å². The number of aromatic nitrogens is 3. The first-order valence-corrected chi connectivity index (χ1v) is 7.63. The minimum atomic E-state index is -0.0916. The van der Waals surface area contributed by atoms with Crippen LogP contribution in [0.25, 0.3) is 10.9 Å². The van der Waals surface area contributed by atoms with E-state index in [-0.39, 0.29) is 5.91 Å². The molecule has 0 aliphatic rings. The molecule has 0 aliphatic carbocycles. The summed E-state index contributed by atoms with van der Waals surface area (Å²) in [6.07, 6.45) is 0. The molecule has 0 fully saturated rings. The van der Waals surface area contributed by atoms with Crippen molar-refractivity contribution in [2.75, 3.05) is 0 Å². The number of benzene rings is 1. The molecule has 0 saturated heterocycles. The fraction of sp³-hybridized carbons (Fsp3) is 0.278. The van der Waals surface area contributed by atoms with Gasteiger partial charge >= 0.3 is 0 Å². The van der Waals surface area contributed by atoms with Gasteiger partial charge in [-0.25, -0.2) is 0 Å². The Kier molecular flexibility index (Phi) is 3.86. The number of H-pyrrole nitrogens is 1. The van der Waals surface area contributed by atoms with Crippen LogP contribution in [0.3, 0.4) is 0 Å². The van der Waals surface area contributed by atoms with Gasteiger partial charge in [-0.2, -0.15) is 5.10 Å². The summed E-state index contributed by atoms with van der Waals surface area (Å²) < 4.78 is 0. The third-order valence-electron chi connectivity index (χ3n) is 4.12. The van der Waals surface area contributed by atoms with E-state index in [1.54, 1.807) is 0 Å². The van der Waals surface area contributed by atoms with Crippen LogP contribution in [0.1, 0.15) is 38.6 Å². The first-order chi connectivity index (χ1) is 11.0. The zero-order valence-electron chi connectivity index (χ0n) is 13.8. The van der Waals surface area contributed by atoms with E-state index >= 15 is 0 Å². The lowest BCUT2D eigenvalue weighted by Gasteiger charge is -2.10. The van der Waals surface area contributed by atoms with Crippen molar-refractivity contribution in [1.82, 2.24) is 20.5 Å². The highest BCUT2D eigenvalue weighted by Gasteiger charge is 2.14. The molecule has 0 radical (unpaired) electrons. The molecule has 118 valence electrons. The van der Waals surface area contributed by atoms with E-state index in [2.05, 4.69) is 20.5 Å². The second-order valence-corrected chi connectivity index (χ2v) is 5.88. The average molecular weight is 308 g/mol. The summed E-state index contributed by atoms with van der Waals surface area (Å²) >= 11 is 0. The molecule has 0 unspecified atom stereocenters. The van der Waals surface area contributed by atoms with Crippen molar-refractivity contribution in [1.29, 1.82) is 0 Å². The van der Waals surface area contributed by atoms with E-state index in [0.717, 1.165) is 39.1 Å². The van der Waals surface area contributed by atoms with Crippen LogP contribution < -0.4 is 5.32 Å². The van der Waals surface area contributed by atoms with Crippen LogP contribution >= 0.6 is 0 Å². The van der Waals surface area contributed by atoms with E-state index < -0.39 is 0 Å². The van der Waals surface area contributed by atoms with E-state index in [0.29, 0.717) is 12.1 Å². The van der Waals surface area contributed by atoms with Gasteiger partial charge < -0.3 is 5.32 Å². The minimum Gasteiger partial charge on any atom is -0.348 e. The molecule has 0 saturated carbocycles. The number of aryl methyl sites for hydroxylation is 4. The molecule has 0 aliphatic heterocycles. The minimum absolute atomic E-state index is 0.0916. The number of pyridine rings is 1. The number of para-hydroxylation sites is 1. The summed E-state index contributed by atoms with van der Waals surface area (Å²) in [6.45, 7) is 8.26. The molecule has 1 amide bonds. The summed E-state index contributed by atoms with van der Waals surface area (Å²) in [7, 11) is 0. The first kappa shape index (κ1) is 15.2. The average Bonchev–Trinajstić information content (AvgIpc) is 2.84. The zero-order valence-corrected chi connectivity index (χ0v) is 13.8. The van der Waals surface area contributed by atoms with Crippen molar-refractivity contribution in [3.63, 3.8) is 0 Å². The van der Waals surface area contributed by atoms with Crippen molar-refractivity contribution >= 4 is 16.8 Å². The zero-order chi connectivity index (χ0) is 16.6. The molecule has 3 rings (SSSR count). The molecule has 3 aromatic rings. The van der Waals surface area contributed by atoms with E-state index in [1.165, 1.54) is 0 Å².